The van der Waals surface area contributed by atoms with Gasteiger partial charge in [-0.1, -0.05) is 12.5 Å². The predicted octanol–water partition coefficient (Wildman–Crippen LogP) is 2.61. The fraction of sp³-hybridized carbons (Fsp3) is 0.472. The number of unbranched alkanes of at least 4 members (excludes halogenated alkanes) is 2. The lowest BCUT2D eigenvalue weighted by Gasteiger charge is -2.41. The van der Waals surface area contributed by atoms with Crippen molar-refractivity contribution in [1.29, 1.82) is 0 Å². The third kappa shape index (κ3) is 12.8. The molecule has 414 valence electrons. The number of carboxylic acid groups (broad SMARTS) is 1. The van der Waals surface area contributed by atoms with E-state index in [1.165, 1.54) is 18.2 Å². The minimum atomic E-state index is -4.56. The Bertz CT molecular complexity index is 3380. The Balaban J connectivity index is 0.985. The number of rotatable bonds is 21. The maximum absolute atomic E-state index is 13.9. The summed E-state index contributed by atoms with van der Waals surface area (Å²) in [7, 11) is -5.49. The maximum atomic E-state index is 13.9. The van der Waals surface area contributed by atoms with Crippen molar-refractivity contribution >= 4 is 84.1 Å². The van der Waals surface area contributed by atoms with Crippen LogP contribution in [-0.4, -0.2) is 146 Å². The van der Waals surface area contributed by atoms with Gasteiger partial charge in [-0.05, 0) is 99.1 Å². The van der Waals surface area contributed by atoms with Gasteiger partial charge in [0.05, 0.1) is 40.9 Å². The fourth-order valence-electron chi connectivity index (χ4n) is 10.7. The second-order valence-corrected chi connectivity index (χ2v) is 25.5. The molecule has 5 amide bonds. The van der Waals surface area contributed by atoms with E-state index in [9.17, 15) is 55.0 Å². The van der Waals surface area contributed by atoms with Gasteiger partial charge < -0.3 is 47.1 Å². The summed E-state index contributed by atoms with van der Waals surface area (Å²) in [6.45, 7) is 7.91. The largest absolute Gasteiger partial charge is 0.478 e. The van der Waals surface area contributed by atoms with Crippen molar-refractivity contribution < 1.29 is 59.8 Å². The molecule has 24 heteroatoms. The molecule has 5 heterocycles. The minimum absolute atomic E-state index is 0.0155. The highest BCUT2D eigenvalue weighted by Gasteiger charge is 2.43. The summed E-state index contributed by atoms with van der Waals surface area (Å²) < 4.78 is 78.7. The molecule has 77 heavy (non-hydrogen) atoms. The Labute approximate surface area is 451 Å². The zero-order chi connectivity index (χ0) is 55.9. The van der Waals surface area contributed by atoms with Crippen molar-refractivity contribution in [2.24, 2.45) is 5.73 Å². The lowest BCUT2D eigenvalue weighted by atomic mass is 9.83. The van der Waals surface area contributed by atoms with Gasteiger partial charge in [0.25, 0.3) is 26.1 Å². The third-order valence-corrected chi connectivity index (χ3v) is 17.9. The van der Waals surface area contributed by atoms with Crippen LogP contribution in [0.5, 0.6) is 11.5 Å². The van der Waals surface area contributed by atoms with Gasteiger partial charge in [0.15, 0.2) is 5.54 Å². The summed E-state index contributed by atoms with van der Waals surface area (Å²) in [6.07, 6.45) is 7.97. The van der Waals surface area contributed by atoms with E-state index < -0.39 is 66.6 Å². The van der Waals surface area contributed by atoms with Crippen LogP contribution in [0, 0.1) is 0 Å². The SMILES string of the molecule is CN1c2cc3c(cc2C(CS(=O)(=O)O)=CC1(C)C)C(c1cc(C(=O)NCCNC(=O)C(N)CCCCNC(=O)CCCC[C@@H]2SC[C@@H]4NC(=O)N[C@@H]42)ccc1C(=O)O)=c1cc2c(cc1O3)=[N+](C)C(C)(C)C=C2CS(=O)(=O)O. The summed E-state index contributed by atoms with van der Waals surface area (Å²) in [5.41, 5.74) is 6.96. The Morgan fingerprint density at radius 2 is 1.55 bits per heavy atom. The van der Waals surface area contributed by atoms with Crippen LogP contribution in [0.2, 0.25) is 0 Å². The monoisotopic (exact) mass is 1120 g/mol. The molecule has 0 aliphatic carbocycles. The molecule has 0 radical (unpaired) electrons. The number of amides is 5. The number of likely N-dealkylation sites (N-methyl/N-ethyl adjacent to an activating group) is 2. The number of carbonyl (C=O) groups excluding carboxylic acids is 4. The molecule has 4 atom stereocenters. The van der Waals surface area contributed by atoms with E-state index in [-0.39, 0.29) is 82.0 Å². The molecular formula is C53H67N8O13S3+. The van der Waals surface area contributed by atoms with Crippen LogP contribution in [0.3, 0.4) is 0 Å². The van der Waals surface area contributed by atoms with E-state index in [1.54, 1.807) is 36.4 Å². The van der Waals surface area contributed by atoms with Gasteiger partial charge in [0, 0.05) is 97.2 Å². The average molecular weight is 1120 g/mol. The molecule has 0 aromatic heterocycles. The Hall–Kier alpha value is -6.31. The first kappa shape index (κ1) is 56.9. The zero-order valence-electron chi connectivity index (χ0n) is 43.8. The summed E-state index contributed by atoms with van der Waals surface area (Å²) in [6, 6.07) is 10.1. The molecule has 10 N–H and O–H groups in total. The van der Waals surface area contributed by atoms with E-state index in [4.69, 9.17) is 10.5 Å². The Morgan fingerprint density at radius 1 is 0.844 bits per heavy atom. The van der Waals surface area contributed by atoms with Crippen LogP contribution < -0.4 is 57.1 Å². The summed E-state index contributed by atoms with van der Waals surface area (Å²) in [5, 5.41) is 26.3. The number of urea groups is 1. The molecule has 0 saturated carbocycles. The van der Waals surface area contributed by atoms with Gasteiger partial charge >= 0.3 is 12.0 Å². The number of hydrogen-bond acceptors (Lipinski definition) is 13. The molecule has 21 nitrogen and oxygen atoms in total. The number of anilines is 1. The number of nitrogens with zero attached hydrogens (tertiary/aromatic N) is 2. The predicted molar refractivity (Wildman–Crippen MR) is 294 cm³/mol. The summed E-state index contributed by atoms with van der Waals surface area (Å²) >= 11 is 1.85. The lowest BCUT2D eigenvalue weighted by molar-refractivity contribution is -0.123. The highest BCUT2D eigenvalue weighted by Crippen LogP contribution is 2.47. The maximum Gasteiger partial charge on any atom is 0.336 e. The molecular weight excluding hydrogens is 1050 g/mol. The van der Waals surface area contributed by atoms with Crippen molar-refractivity contribution in [3.8, 4) is 11.5 Å². The first-order valence-corrected chi connectivity index (χ1v) is 29.8. The number of thioether (sulfide) groups is 1. The first-order chi connectivity index (χ1) is 36.1. The number of hydrogen-bond donors (Lipinski definition) is 9. The normalized spacial score (nSPS) is 20.1. The number of aromatic carboxylic acids is 1. The number of nitrogens with one attached hydrogen (secondary N) is 5. The molecule has 5 aliphatic heterocycles. The quantitative estimate of drug-likeness (QED) is 0.0251. The molecule has 8 rings (SSSR count). The molecule has 2 fully saturated rings. The minimum Gasteiger partial charge on any atom is -0.478 e. The molecule has 5 aliphatic rings. The Morgan fingerprint density at radius 3 is 2.25 bits per heavy atom. The third-order valence-electron chi connectivity index (χ3n) is 15.0. The molecule has 0 bridgehead atoms. The summed E-state index contributed by atoms with van der Waals surface area (Å²) in [4.78, 5) is 66.0. The van der Waals surface area contributed by atoms with Crippen molar-refractivity contribution in [2.75, 3.05) is 55.9 Å². The molecule has 3 aromatic carbocycles. The van der Waals surface area contributed by atoms with E-state index in [1.807, 2.05) is 63.0 Å². The smallest absolute Gasteiger partial charge is 0.336 e. The van der Waals surface area contributed by atoms with Crippen LogP contribution in [-0.2, 0) is 29.8 Å². The van der Waals surface area contributed by atoms with Crippen LogP contribution in [0.15, 0.2) is 54.6 Å². The van der Waals surface area contributed by atoms with Gasteiger partial charge in [-0.3, -0.25) is 23.5 Å². The zero-order valence-corrected chi connectivity index (χ0v) is 46.3. The highest BCUT2D eigenvalue weighted by atomic mass is 32.2. The number of ether oxygens (including phenoxy) is 1. The van der Waals surface area contributed by atoms with Crippen LogP contribution in [0.25, 0.3) is 16.7 Å². The van der Waals surface area contributed by atoms with Crippen molar-refractivity contribution in [3.63, 3.8) is 0 Å². The van der Waals surface area contributed by atoms with Gasteiger partial charge in [-0.25, -0.2) is 14.2 Å². The number of nitrogens with two attached hydrogens (primary N) is 1. The number of carbonyl (C=O) groups is 5. The first-order valence-electron chi connectivity index (χ1n) is 25.5. The van der Waals surface area contributed by atoms with Crippen LogP contribution >= 0.6 is 11.8 Å². The lowest BCUT2D eigenvalue weighted by Crippen LogP contribution is -2.47. The van der Waals surface area contributed by atoms with Crippen molar-refractivity contribution in [3.05, 3.63) is 98.6 Å². The van der Waals surface area contributed by atoms with Gasteiger partial charge in [-0.15, -0.1) is 0 Å². The second kappa shape index (κ2) is 22.2. The van der Waals surface area contributed by atoms with Gasteiger partial charge in [-0.2, -0.15) is 28.6 Å². The number of benzene rings is 3. The number of fused-ring (bicyclic) bond motifs is 5. The van der Waals surface area contributed by atoms with E-state index in [0.717, 1.165) is 25.0 Å². The van der Waals surface area contributed by atoms with Crippen molar-refractivity contribution in [2.45, 2.75) is 107 Å². The van der Waals surface area contributed by atoms with Crippen LogP contribution in [0.4, 0.5) is 10.5 Å². The van der Waals surface area contributed by atoms with E-state index in [0.29, 0.717) is 70.4 Å². The molecule has 0 spiro atoms. The fourth-order valence-corrected chi connectivity index (χ4v) is 13.5. The van der Waals surface area contributed by atoms with E-state index >= 15 is 0 Å². The summed E-state index contributed by atoms with van der Waals surface area (Å²) in [5.74, 6) is -2.53. The Kier molecular flexibility index (Phi) is 16.4. The highest BCUT2D eigenvalue weighted by molar-refractivity contribution is 8.00. The number of carboxylic acids is 1. The second-order valence-electron chi connectivity index (χ2n) is 21.4. The topological polar surface area (TPSA) is 316 Å². The molecule has 2 saturated heterocycles. The van der Waals surface area contributed by atoms with Crippen molar-refractivity contribution in [1.82, 2.24) is 31.2 Å². The van der Waals surface area contributed by atoms with E-state index in [2.05, 4.69) is 26.6 Å². The van der Waals surface area contributed by atoms with Gasteiger partial charge in [0.2, 0.25) is 17.2 Å². The average Bonchev–Trinajstić information content (AvgIpc) is 3.96. The molecule has 1 unspecified atom stereocenters. The van der Waals surface area contributed by atoms with Crippen LogP contribution in [0.1, 0.15) is 116 Å². The van der Waals surface area contributed by atoms with Gasteiger partial charge in [0.1, 0.15) is 30.1 Å². The molecule has 3 aromatic rings. The standard InChI is InChI=1S/C53H66N8O13S3/c1-52(2)24-30(27-76(68,69)70)33-20-36-42(22-40(33)60(52)5)74-43-23-41-34(31(28-77(71,72)73)25-53(3,4)61(41)6)21-37(43)46(36)35-19-29(14-15-32(35)50(65)66)48(63)56-17-18-57-49(64)38(54)11-9-10-16-55-45(62)13-8-7-12-44-47-39(26-75-44)58-51(67)59-47/h14-15,19-25,38-39,44,47H,7-13,16-18,26-28,54H2,1-6H3,(H7-,55,56,57,58,59,62,63,64,65,66,67,68,69,70,71,72,73)/p+1/t38?,39-,44-,47-/m0/s1.